The van der Waals surface area contributed by atoms with E-state index in [0.29, 0.717) is 24.9 Å². The Kier molecular flexibility index (Phi) is 5.29. The zero-order chi connectivity index (χ0) is 20.4. The summed E-state index contributed by atoms with van der Waals surface area (Å²) < 4.78 is 45.2. The summed E-state index contributed by atoms with van der Waals surface area (Å²) in [6.07, 6.45) is 1.16. The molecule has 8 nitrogen and oxygen atoms in total. The first-order valence-electron chi connectivity index (χ1n) is 9.19. The molecule has 1 atom stereocenters. The zero-order valence-electron chi connectivity index (χ0n) is 15.4. The van der Waals surface area contributed by atoms with Crippen LogP contribution in [0.2, 0.25) is 0 Å². The van der Waals surface area contributed by atoms with Crippen LogP contribution >= 0.6 is 0 Å². The molecule has 1 fully saturated rings. The van der Waals surface area contributed by atoms with E-state index in [1.165, 1.54) is 22.5 Å². The third kappa shape index (κ3) is 3.99. The van der Waals surface area contributed by atoms with Gasteiger partial charge < -0.3 is 5.32 Å². The van der Waals surface area contributed by atoms with Crippen molar-refractivity contribution < 1.29 is 22.2 Å². The maximum Gasteiger partial charge on any atom is 0.245 e. The minimum absolute atomic E-state index is 0.0172. The number of aromatic nitrogens is 2. The Hall–Kier alpha value is -2.85. The van der Waals surface area contributed by atoms with E-state index in [1.807, 2.05) is 0 Å². The van der Waals surface area contributed by atoms with E-state index in [1.54, 1.807) is 24.3 Å². The molecule has 10 heteroatoms. The average molecular weight is 418 g/mol. The topological polar surface area (TPSA) is 105 Å². The first kappa shape index (κ1) is 19.5. The van der Waals surface area contributed by atoms with Gasteiger partial charge in [-0.25, -0.2) is 17.4 Å². The van der Waals surface area contributed by atoms with Gasteiger partial charge in [-0.3, -0.25) is 4.79 Å². The average Bonchev–Trinajstić information content (AvgIpc) is 3.22. The standard InChI is InChI=1S/C19H19FN4O4S/c20-15-8-6-13(7-9-15)11-21-19(25)14-3-2-10-24(12-14)29(26,27)17-5-1-4-16-18(17)23-28-22-16/h1,4-9,14H,2-3,10-12H2,(H,21,25)/t14-/m1/s1. The Labute approximate surface area is 166 Å². The Morgan fingerprint density at radius 3 is 2.79 bits per heavy atom. The molecule has 0 saturated carbocycles. The highest BCUT2D eigenvalue weighted by atomic mass is 32.2. The smallest absolute Gasteiger partial charge is 0.245 e. The molecule has 1 aliphatic rings. The van der Waals surface area contributed by atoms with Crippen molar-refractivity contribution >= 4 is 27.0 Å². The van der Waals surface area contributed by atoms with Gasteiger partial charge >= 0.3 is 0 Å². The number of hydrogen-bond donors (Lipinski definition) is 1. The van der Waals surface area contributed by atoms with Crippen molar-refractivity contribution in [3.05, 3.63) is 53.8 Å². The van der Waals surface area contributed by atoms with Crippen LogP contribution in [0.1, 0.15) is 18.4 Å². The van der Waals surface area contributed by atoms with Crippen LogP contribution in [0.25, 0.3) is 11.0 Å². The molecule has 0 aliphatic carbocycles. The third-order valence-electron chi connectivity index (χ3n) is 5.00. The predicted molar refractivity (Wildman–Crippen MR) is 102 cm³/mol. The number of carbonyl (C=O) groups excluding carboxylic acids is 1. The van der Waals surface area contributed by atoms with Gasteiger partial charge in [0.15, 0.2) is 5.52 Å². The molecule has 0 radical (unpaired) electrons. The molecule has 4 rings (SSSR count). The Morgan fingerprint density at radius 2 is 2.00 bits per heavy atom. The number of piperidine rings is 1. The van der Waals surface area contributed by atoms with Crippen LogP contribution in [0.4, 0.5) is 4.39 Å². The summed E-state index contributed by atoms with van der Waals surface area (Å²) in [7, 11) is -3.85. The number of rotatable bonds is 5. The second-order valence-corrected chi connectivity index (χ2v) is 8.84. The van der Waals surface area contributed by atoms with Gasteiger partial charge in [0.05, 0.1) is 5.92 Å². The zero-order valence-corrected chi connectivity index (χ0v) is 16.2. The van der Waals surface area contributed by atoms with Gasteiger partial charge in [0.25, 0.3) is 0 Å². The lowest BCUT2D eigenvalue weighted by Gasteiger charge is -2.31. The van der Waals surface area contributed by atoms with E-state index in [2.05, 4.69) is 20.3 Å². The van der Waals surface area contributed by atoms with Crippen LogP contribution in [-0.4, -0.2) is 42.0 Å². The van der Waals surface area contributed by atoms with E-state index in [0.717, 1.165) is 5.56 Å². The molecule has 1 amide bonds. The molecule has 29 heavy (non-hydrogen) atoms. The van der Waals surface area contributed by atoms with Crippen molar-refractivity contribution in [2.75, 3.05) is 13.1 Å². The van der Waals surface area contributed by atoms with Crippen LogP contribution in [0, 0.1) is 11.7 Å². The fourth-order valence-electron chi connectivity index (χ4n) is 3.44. The molecular weight excluding hydrogens is 399 g/mol. The molecule has 3 aromatic rings. The van der Waals surface area contributed by atoms with E-state index >= 15 is 0 Å². The van der Waals surface area contributed by atoms with Crippen molar-refractivity contribution in [3.8, 4) is 0 Å². The quantitative estimate of drug-likeness (QED) is 0.680. The number of hydrogen-bond acceptors (Lipinski definition) is 6. The lowest BCUT2D eigenvalue weighted by Crippen LogP contribution is -2.45. The largest absolute Gasteiger partial charge is 0.352 e. The molecule has 1 aliphatic heterocycles. The summed E-state index contributed by atoms with van der Waals surface area (Å²) in [4.78, 5) is 12.6. The molecule has 1 saturated heterocycles. The minimum Gasteiger partial charge on any atom is -0.352 e. The summed E-state index contributed by atoms with van der Waals surface area (Å²) in [5.41, 5.74) is 1.30. The fourth-order valence-corrected chi connectivity index (χ4v) is 5.10. The predicted octanol–water partition coefficient (Wildman–Crippen LogP) is 2.08. The molecule has 0 bridgehead atoms. The highest BCUT2D eigenvalue weighted by Gasteiger charge is 2.34. The molecule has 152 valence electrons. The van der Waals surface area contributed by atoms with Crippen molar-refractivity contribution in [2.45, 2.75) is 24.3 Å². The van der Waals surface area contributed by atoms with Gasteiger partial charge in [-0.15, -0.1) is 0 Å². The molecule has 2 heterocycles. The van der Waals surface area contributed by atoms with E-state index in [4.69, 9.17) is 0 Å². The van der Waals surface area contributed by atoms with Crippen molar-refractivity contribution in [3.63, 3.8) is 0 Å². The summed E-state index contributed by atoms with van der Waals surface area (Å²) in [5, 5.41) is 10.2. The first-order chi connectivity index (χ1) is 13.9. The van der Waals surface area contributed by atoms with Gasteiger partial charge in [0.1, 0.15) is 16.2 Å². The van der Waals surface area contributed by atoms with E-state index in [-0.39, 0.29) is 35.2 Å². The Morgan fingerprint density at radius 1 is 1.21 bits per heavy atom. The molecule has 1 N–H and O–H groups in total. The van der Waals surface area contributed by atoms with Gasteiger partial charge in [0.2, 0.25) is 15.9 Å². The number of sulfonamides is 1. The van der Waals surface area contributed by atoms with E-state index < -0.39 is 15.9 Å². The second-order valence-electron chi connectivity index (χ2n) is 6.93. The Balaban J connectivity index is 1.46. The number of halogens is 1. The number of amides is 1. The minimum atomic E-state index is -3.85. The highest BCUT2D eigenvalue weighted by molar-refractivity contribution is 7.89. The van der Waals surface area contributed by atoms with Crippen molar-refractivity contribution in [2.24, 2.45) is 5.92 Å². The van der Waals surface area contributed by atoms with Gasteiger partial charge in [-0.1, -0.05) is 18.2 Å². The lowest BCUT2D eigenvalue weighted by atomic mass is 9.99. The highest BCUT2D eigenvalue weighted by Crippen LogP contribution is 2.27. The van der Waals surface area contributed by atoms with Gasteiger partial charge in [-0.2, -0.15) is 4.31 Å². The maximum atomic E-state index is 13.1. The first-order valence-corrected chi connectivity index (χ1v) is 10.6. The van der Waals surface area contributed by atoms with Crippen LogP contribution < -0.4 is 5.32 Å². The molecular formula is C19H19FN4O4S. The second kappa shape index (κ2) is 7.88. The van der Waals surface area contributed by atoms with E-state index in [9.17, 15) is 17.6 Å². The number of benzene rings is 2. The summed E-state index contributed by atoms with van der Waals surface area (Å²) in [5.74, 6) is -1.03. The van der Waals surface area contributed by atoms with Crippen LogP contribution in [0.3, 0.4) is 0 Å². The Bertz CT molecular complexity index is 1130. The molecule has 2 aromatic carbocycles. The lowest BCUT2D eigenvalue weighted by molar-refractivity contribution is -0.126. The SMILES string of the molecule is O=C(NCc1ccc(F)cc1)[C@@H]1CCCN(S(=O)(=O)c2cccc3nonc23)C1. The van der Waals surface area contributed by atoms with Gasteiger partial charge in [-0.05, 0) is 53.0 Å². The molecule has 0 spiro atoms. The van der Waals surface area contributed by atoms with Crippen LogP contribution in [0.5, 0.6) is 0 Å². The normalized spacial score (nSPS) is 18.0. The number of carbonyl (C=O) groups is 1. The van der Waals surface area contributed by atoms with Crippen molar-refractivity contribution in [1.29, 1.82) is 0 Å². The van der Waals surface area contributed by atoms with Crippen molar-refractivity contribution in [1.82, 2.24) is 19.9 Å². The van der Waals surface area contributed by atoms with Crippen LogP contribution in [0.15, 0.2) is 52.0 Å². The number of fused-ring (bicyclic) bond motifs is 1. The monoisotopic (exact) mass is 418 g/mol. The number of nitrogens with one attached hydrogen (secondary N) is 1. The fraction of sp³-hybridized carbons (Fsp3) is 0.316. The number of nitrogens with zero attached hydrogens (tertiary/aromatic N) is 3. The molecule has 1 aromatic heterocycles. The maximum absolute atomic E-state index is 13.1. The summed E-state index contributed by atoms with van der Waals surface area (Å²) in [6, 6.07) is 10.5. The summed E-state index contributed by atoms with van der Waals surface area (Å²) in [6.45, 7) is 0.664. The van der Waals surface area contributed by atoms with Crippen LogP contribution in [-0.2, 0) is 21.4 Å². The summed E-state index contributed by atoms with van der Waals surface area (Å²) >= 11 is 0. The van der Waals surface area contributed by atoms with Gasteiger partial charge in [0, 0.05) is 19.6 Å². The third-order valence-corrected chi connectivity index (χ3v) is 6.90. The molecule has 0 unspecified atom stereocenters.